The highest BCUT2D eigenvalue weighted by Crippen LogP contribution is 2.35. The van der Waals surface area contributed by atoms with E-state index in [0.29, 0.717) is 12.2 Å². The van der Waals surface area contributed by atoms with E-state index < -0.39 is 18.2 Å². The number of ether oxygens (including phenoxy) is 1. The summed E-state index contributed by atoms with van der Waals surface area (Å²) in [7, 11) is 0. The summed E-state index contributed by atoms with van der Waals surface area (Å²) in [5, 5.41) is 9.25. The summed E-state index contributed by atoms with van der Waals surface area (Å²) < 4.78 is 41.9. The fourth-order valence-electron chi connectivity index (χ4n) is 2.34. The maximum atomic E-state index is 13.5. The van der Waals surface area contributed by atoms with Crippen molar-refractivity contribution >= 4 is 11.4 Å². The zero-order valence-corrected chi connectivity index (χ0v) is 10.2. The number of nitrogens with zero attached hydrogens (tertiary/aromatic N) is 1. The number of hydrogen-bond donors (Lipinski definition) is 2. The van der Waals surface area contributed by atoms with Gasteiger partial charge in [0.05, 0.1) is 24.0 Å². The third-order valence-corrected chi connectivity index (χ3v) is 3.19. The summed E-state index contributed by atoms with van der Waals surface area (Å²) in [5.41, 5.74) is 6.26. The summed E-state index contributed by atoms with van der Waals surface area (Å²) in [4.78, 5) is 1.78. The maximum Gasteiger partial charge on any atom is 0.387 e. The summed E-state index contributed by atoms with van der Waals surface area (Å²) in [5.74, 6) is -1.47. The molecular formula is C12H15F3N2O2. The fraction of sp³-hybridized carbons (Fsp3) is 0.500. The third kappa shape index (κ3) is 2.86. The highest BCUT2D eigenvalue weighted by Gasteiger charge is 2.26. The van der Waals surface area contributed by atoms with Crippen molar-refractivity contribution < 1.29 is 23.0 Å². The Hall–Kier alpha value is -1.63. The normalized spacial score (nSPS) is 19.2. The third-order valence-electron chi connectivity index (χ3n) is 3.19. The van der Waals surface area contributed by atoms with Gasteiger partial charge in [-0.3, -0.25) is 0 Å². The number of halogens is 3. The van der Waals surface area contributed by atoms with Crippen molar-refractivity contribution in [1.82, 2.24) is 0 Å². The standard InChI is InChI=1S/C12H15F3N2O2/c13-8-4-9(16)10(5-11(8)19-12(14)15)17-3-1-2-7(17)6-18/h4-5,7,12,18H,1-3,6,16H2. The van der Waals surface area contributed by atoms with Gasteiger partial charge in [-0.2, -0.15) is 8.78 Å². The van der Waals surface area contributed by atoms with Crippen LogP contribution in [0.15, 0.2) is 12.1 Å². The van der Waals surface area contributed by atoms with Crippen LogP contribution in [0, 0.1) is 5.82 Å². The molecule has 1 aliphatic heterocycles. The molecule has 1 unspecified atom stereocenters. The molecule has 0 radical (unpaired) electrons. The molecule has 0 bridgehead atoms. The number of rotatable bonds is 4. The molecule has 1 saturated heterocycles. The first-order chi connectivity index (χ1) is 9.02. The molecule has 0 amide bonds. The molecule has 1 aromatic carbocycles. The lowest BCUT2D eigenvalue weighted by Gasteiger charge is -2.27. The lowest BCUT2D eigenvalue weighted by atomic mass is 10.2. The Kier molecular flexibility index (Phi) is 4.04. The molecule has 3 N–H and O–H groups in total. The Morgan fingerprint density at radius 1 is 1.47 bits per heavy atom. The molecule has 1 heterocycles. The van der Waals surface area contributed by atoms with E-state index >= 15 is 0 Å². The lowest BCUT2D eigenvalue weighted by Crippen LogP contribution is -2.32. The van der Waals surface area contributed by atoms with Crippen LogP contribution in [0.4, 0.5) is 24.5 Å². The average molecular weight is 276 g/mol. The predicted octanol–water partition coefficient (Wildman–Crippen LogP) is 1.97. The van der Waals surface area contributed by atoms with Gasteiger partial charge >= 0.3 is 6.61 Å². The SMILES string of the molecule is Nc1cc(F)c(OC(F)F)cc1N1CCCC1CO. The zero-order chi connectivity index (χ0) is 14.0. The Morgan fingerprint density at radius 3 is 2.84 bits per heavy atom. The Labute approximate surface area is 108 Å². The number of anilines is 2. The number of nitrogens with two attached hydrogens (primary N) is 1. The summed E-state index contributed by atoms with van der Waals surface area (Å²) in [6.07, 6.45) is 1.63. The minimum Gasteiger partial charge on any atom is -0.432 e. The van der Waals surface area contributed by atoms with Crippen molar-refractivity contribution in [3.63, 3.8) is 0 Å². The molecule has 1 aromatic rings. The lowest BCUT2D eigenvalue weighted by molar-refractivity contribution is -0.0521. The van der Waals surface area contributed by atoms with Crippen molar-refractivity contribution in [3.8, 4) is 5.75 Å². The Morgan fingerprint density at radius 2 is 2.21 bits per heavy atom. The van der Waals surface area contributed by atoms with Gasteiger partial charge in [-0.1, -0.05) is 0 Å². The van der Waals surface area contributed by atoms with Gasteiger partial charge in [-0.05, 0) is 12.8 Å². The number of nitrogen functional groups attached to an aromatic ring is 1. The Balaban J connectivity index is 2.34. The fourth-order valence-corrected chi connectivity index (χ4v) is 2.34. The molecule has 0 aromatic heterocycles. The molecule has 0 spiro atoms. The maximum absolute atomic E-state index is 13.5. The van der Waals surface area contributed by atoms with Gasteiger partial charge in [0.2, 0.25) is 0 Å². The average Bonchev–Trinajstić information content (AvgIpc) is 2.80. The van der Waals surface area contributed by atoms with Crippen LogP contribution in [0.5, 0.6) is 5.75 Å². The molecule has 1 aliphatic rings. The number of hydrogen-bond acceptors (Lipinski definition) is 4. The van der Waals surface area contributed by atoms with Gasteiger partial charge in [0, 0.05) is 18.7 Å². The van der Waals surface area contributed by atoms with Crippen molar-refractivity contribution in [2.75, 3.05) is 23.8 Å². The zero-order valence-electron chi connectivity index (χ0n) is 10.2. The van der Waals surface area contributed by atoms with Crippen LogP contribution in [-0.4, -0.2) is 30.9 Å². The smallest absolute Gasteiger partial charge is 0.387 e. The van der Waals surface area contributed by atoms with Gasteiger partial charge in [0.15, 0.2) is 11.6 Å². The topological polar surface area (TPSA) is 58.7 Å². The minimum absolute atomic E-state index is 0.0676. The molecule has 0 aliphatic carbocycles. The molecule has 1 fully saturated rings. The van der Waals surface area contributed by atoms with Crippen LogP contribution >= 0.6 is 0 Å². The van der Waals surface area contributed by atoms with Gasteiger partial charge in [-0.25, -0.2) is 4.39 Å². The van der Waals surface area contributed by atoms with Gasteiger partial charge in [-0.15, -0.1) is 0 Å². The highest BCUT2D eigenvalue weighted by atomic mass is 19.3. The first-order valence-corrected chi connectivity index (χ1v) is 5.94. The van der Waals surface area contributed by atoms with E-state index in [-0.39, 0.29) is 18.3 Å². The van der Waals surface area contributed by atoms with Crippen LogP contribution in [0.3, 0.4) is 0 Å². The molecule has 19 heavy (non-hydrogen) atoms. The van der Waals surface area contributed by atoms with Crippen LogP contribution in [0.1, 0.15) is 12.8 Å². The minimum atomic E-state index is -3.10. The molecule has 4 nitrogen and oxygen atoms in total. The predicted molar refractivity (Wildman–Crippen MR) is 64.9 cm³/mol. The largest absolute Gasteiger partial charge is 0.432 e. The van der Waals surface area contributed by atoms with Gasteiger partial charge < -0.3 is 20.5 Å². The molecule has 2 rings (SSSR count). The van der Waals surface area contributed by atoms with E-state index in [1.807, 2.05) is 0 Å². The van der Waals surface area contributed by atoms with Gasteiger partial charge in [0.25, 0.3) is 0 Å². The first kappa shape index (κ1) is 13.8. The van der Waals surface area contributed by atoms with Crippen LogP contribution in [0.25, 0.3) is 0 Å². The first-order valence-electron chi connectivity index (χ1n) is 5.94. The van der Waals surface area contributed by atoms with Crippen LogP contribution < -0.4 is 15.4 Å². The van der Waals surface area contributed by atoms with Crippen molar-refractivity contribution in [1.29, 1.82) is 0 Å². The quantitative estimate of drug-likeness (QED) is 0.825. The molecule has 106 valence electrons. The number of aliphatic hydroxyl groups is 1. The van der Waals surface area contributed by atoms with Crippen LogP contribution in [0.2, 0.25) is 0 Å². The van der Waals surface area contributed by atoms with E-state index in [2.05, 4.69) is 4.74 Å². The summed E-state index contributed by atoms with van der Waals surface area (Å²) in [6.45, 7) is -2.53. The van der Waals surface area contributed by atoms with E-state index in [1.54, 1.807) is 4.90 Å². The second-order valence-electron chi connectivity index (χ2n) is 4.39. The molecule has 0 saturated carbocycles. The van der Waals surface area contributed by atoms with Crippen LogP contribution in [-0.2, 0) is 0 Å². The van der Waals surface area contributed by atoms with Gasteiger partial charge in [0.1, 0.15) is 0 Å². The molecule has 1 atom stereocenters. The van der Waals surface area contributed by atoms with E-state index in [4.69, 9.17) is 5.73 Å². The second kappa shape index (κ2) is 5.56. The Bertz CT molecular complexity index is 457. The highest BCUT2D eigenvalue weighted by molar-refractivity contribution is 5.70. The monoisotopic (exact) mass is 276 g/mol. The van der Waals surface area contributed by atoms with Crippen molar-refractivity contribution in [3.05, 3.63) is 17.9 Å². The number of benzene rings is 1. The van der Waals surface area contributed by atoms with E-state index in [0.717, 1.165) is 25.0 Å². The summed E-state index contributed by atoms with van der Waals surface area (Å²) in [6, 6.07) is 1.98. The summed E-state index contributed by atoms with van der Waals surface area (Å²) >= 11 is 0. The van der Waals surface area contributed by atoms with Crippen molar-refractivity contribution in [2.45, 2.75) is 25.5 Å². The molecular weight excluding hydrogens is 261 g/mol. The number of aliphatic hydroxyl groups excluding tert-OH is 1. The number of alkyl halides is 2. The second-order valence-corrected chi connectivity index (χ2v) is 4.39. The molecule has 7 heteroatoms. The van der Waals surface area contributed by atoms with Crippen molar-refractivity contribution in [2.24, 2.45) is 0 Å². The van der Waals surface area contributed by atoms with E-state index in [9.17, 15) is 18.3 Å². The van der Waals surface area contributed by atoms with E-state index in [1.165, 1.54) is 0 Å².